The van der Waals surface area contributed by atoms with Gasteiger partial charge < -0.3 is 9.73 Å². The molecule has 0 saturated carbocycles. The van der Waals surface area contributed by atoms with Gasteiger partial charge in [-0.05, 0) is 54.5 Å². The van der Waals surface area contributed by atoms with Crippen molar-refractivity contribution in [2.24, 2.45) is 0 Å². The van der Waals surface area contributed by atoms with Crippen molar-refractivity contribution < 1.29 is 4.42 Å². The van der Waals surface area contributed by atoms with Crippen LogP contribution in [-0.2, 0) is 18.4 Å². The molecule has 136 valence electrons. The van der Waals surface area contributed by atoms with Crippen LogP contribution >= 0.6 is 0 Å². The molecule has 1 atom stereocenters. The number of furan rings is 1. The molecular formula is C22H27N3O. The van der Waals surface area contributed by atoms with E-state index in [1.54, 1.807) is 6.26 Å². The Labute approximate surface area is 155 Å². The lowest BCUT2D eigenvalue weighted by Gasteiger charge is -2.24. The van der Waals surface area contributed by atoms with Gasteiger partial charge in [-0.25, -0.2) is 4.68 Å². The van der Waals surface area contributed by atoms with Crippen molar-refractivity contribution in [2.75, 3.05) is 0 Å². The third-order valence-corrected chi connectivity index (χ3v) is 5.26. The average Bonchev–Trinajstić information content (AvgIpc) is 3.29. The van der Waals surface area contributed by atoms with Crippen LogP contribution in [0.5, 0.6) is 0 Å². The van der Waals surface area contributed by atoms with E-state index >= 15 is 0 Å². The number of rotatable bonds is 4. The minimum atomic E-state index is 0.170. The molecule has 0 bridgehead atoms. The molecule has 26 heavy (non-hydrogen) atoms. The van der Waals surface area contributed by atoms with E-state index < -0.39 is 0 Å². The molecule has 2 heterocycles. The van der Waals surface area contributed by atoms with Crippen LogP contribution in [0.15, 0.2) is 53.3 Å². The first-order valence-corrected chi connectivity index (χ1v) is 9.46. The Balaban J connectivity index is 1.56. The Bertz CT molecular complexity index is 854. The predicted molar refractivity (Wildman–Crippen MR) is 103 cm³/mol. The topological polar surface area (TPSA) is 43.0 Å². The molecule has 1 unspecified atom stereocenters. The summed E-state index contributed by atoms with van der Waals surface area (Å²) in [5.74, 6) is 0.974. The van der Waals surface area contributed by atoms with E-state index in [1.165, 1.54) is 23.2 Å². The van der Waals surface area contributed by atoms with Gasteiger partial charge in [-0.2, -0.15) is 5.10 Å². The van der Waals surface area contributed by atoms with Crippen LogP contribution in [0.4, 0.5) is 0 Å². The van der Waals surface area contributed by atoms with Gasteiger partial charge in [0, 0.05) is 17.3 Å². The summed E-state index contributed by atoms with van der Waals surface area (Å²) in [6.07, 6.45) is 7.15. The molecule has 4 rings (SSSR count). The van der Waals surface area contributed by atoms with E-state index in [4.69, 9.17) is 9.52 Å². The summed E-state index contributed by atoms with van der Waals surface area (Å²) in [6, 6.07) is 13.1. The number of fused-ring (bicyclic) bond motifs is 1. The van der Waals surface area contributed by atoms with E-state index in [1.807, 2.05) is 18.3 Å². The van der Waals surface area contributed by atoms with Crippen LogP contribution in [-0.4, -0.2) is 9.78 Å². The Morgan fingerprint density at radius 2 is 2.00 bits per heavy atom. The molecule has 0 saturated heterocycles. The molecular weight excluding hydrogens is 322 g/mol. The molecule has 0 spiro atoms. The van der Waals surface area contributed by atoms with Crippen LogP contribution < -0.4 is 5.32 Å². The van der Waals surface area contributed by atoms with E-state index in [0.717, 1.165) is 30.8 Å². The fourth-order valence-corrected chi connectivity index (χ4v) is 3.73. The van der Waals surface area contributed by atoms with Crippen LogP contribution in [0, 0.1) is 0 Å². The third kappa shape index (κ3) is 3.34. The van der Waals surface area contributed by atoms with Gasteiger partial charge in [-0.15, -0.1) is 0 Å². The van der Waals surface area contributed by atoms with Crippen LogP contribution in [0.2, 0.25) is 0 Å². The van der Waals surface area contributed by atoms with Gasteiger partial charge in [-0.1, -0.05) is 32.9 Å². The standard InChI is InChI=1S/C22H27N3O/c1-22(2,3)16-9-11-17(12-10-16)25-21-8-4-7-20(19(21)15-24-25)23-14-18-6-5-13-26-18/h5-6,9-13,15,20,23H,4,7-8,14H2,1-3H3. The molecule has 0 aliphatic heterocycles. The summed E-state index contributed by atoms with van der Waals surface area (Å²) in [6.45, 7) is 7.48. The van der Waals surface area contributed by atoms with Gasteiger partial charge in [0.15, 0.2) is 0 Å². The molecule has 1 N–H and O–H groups in total. The molecule has 1 aromatic carbocycles. The quantitative estimate of drug-likeness (QED) is 0.726. The van der Waals surface area contributed by atoms with Gasteiger partial charge in [0.05, 0.1) is 24.7 Å². The average molecular weight is 349 g/mol. The maximum absolute atomic E-state index is 5.44. The molecule has 3 aromatic rings. The molecule has 0 radical (unpaired) electrons. The van der Waals surface area contributed by atoms with E-state index in [-0.39, 0.29) is 5.41 Å². The highest BCUT2D eigenvalue weighted by molar-refractivity contribution is 5.40. The molecule has 4 heteroatoms. The summed E-state index contributed by atoms with van der Waals surface area (Å²) >= 11 is 0. The van der Waals surface area contributed by atoms with Crippen molar-refractivity contribution in [2.45, 2.75) is 58.0 Å². The van der Waals surface area contributed by atoms with Crippen LogP contribution in [0.25, 0.3) is 5.69 Å². The van der Waals surface area contributed by atoms with Crippen molar-refractivity contribution in [1.82, 2.24) is 15.1 Å². The second-order valence-corrected chi connectivity index (χ2v) is 8.16. The van der Waals surface area contributed by atoms with Gasteiger partial charge in [0.25, 0.3) is 0 Å². The van der Waals surface area contributed by atoms with Crippen LogP contribution in [0.3, 0.4) is 0 Å². The van der Waals surface area contributed by atoms with Crippen molar-refractivity contribution >= 4 is 0 Å². The summed E-state index contributed by atoms with van der Waals surface area (Å²) in [4.78, 5) is 0. The summed E-state index contributed by atoms with van der Waals surface area (Å²) in [7, 11) is 0. The number of hydrogen-bond acceptors (Lipinski definition) is 3. The smallest absolute Gasteiger partial charge is 0.117 e. The summed E-state index contributed by atoms with van der Waals surface area (Å²) < 4.78 is 7.56. The first-order chi connectivity index (χ1) is 12.5. The monoisotopic (exact) mass is 349 g/mol. The van der Waals surface area contributed by atoms with Gasteiger partial charge >= 0.3 is 0 Å². The zero-order chi connectivity index (χ0) is 18.1. The van der Waals surface area contributed by atoms with E-state index in [9.17, 15) is 0 Å². The normalized spacial score (nSPS) is 17.3. The highest BCUT2D eigenvalue weighted by Crippen LogP contribution is 2.32. The minimum Gasteiger partial charge on any atom is -0.468 e. The second kappa shape index (κ2) is 6.76. The van der Waals surface area contributed by atoms with E-state index in [2.05, 4.69) is 55.0 Å². The molecule has 4 nitrogen and oxygen atoms in total. The first kappa shape index (κ1) is 17.1. The van der Waals surface area contributed by atoms with Crippen molar-refractivity contribution in [3.63, 3.8) is 0 Å². The Kier molecular flexibility index (Phi) is 4.45. The Morgan fingerprint density at radius 3 is 2.69 bits per heavy atom. The maximum atomic E-state index is 5.44. The first-order valence-electron chi connectivity index (χ1n) is 9.46. The van der Waals surface area contributed by atoms with Gasteiger partial charge in [0.1, 0.15) is 5.76 Å². The second-order valence-electron chi connectivity index (χ2n) is 8.16. The largest absolute Gasteiger partial charge is 0.468 e. The van der Waals surface area contributed by atoms with Crippen molar-refractivity contribution in [3.05, 3.63) is 71.4 Å². The lowest BCUT2D eigenvalue weighted by Crippen LogP contribution is -2.24. The number of aromatic nitrogens is 2. The van der Waals surface area contributed by atoms with Gasteiger partial charge in [-0.3, -0.25) is 0 Å². The SMILES string of the molecule is CC(C)(C)c1ccc(-n2ncc3c2CCCC3NCc2ccco2)cc1. The fraction of sp³-hybridized carbons (Fsp3) is 0.409. The lowest BCUT2D eigenvalue weighted by molar-refractivity contribution is 0.415. The Hall–Kier alpha value is -2.33. The molecule has 2 aromatic heterocycles. The molecule has 1 aliphatic rings. The highest BCUT2D eigenvalue weighted by atomic mass is 16.3. The zero-order valence-corrected chi connectivity index (χ0v) is 15.8. The number of hydrogen-bond donors (Lipinski definition) is 1. The number of nitrogens with zero attached hydrogens (tertiary/aromatic N) is 2. The number of benzene rings is 1. The van der Waals surface area contributed by atoms with Crippen LogP contribution in [0.1, 0.15) is 62.2 Å². The number of nitrogens with one attached hydrogen (secondary N) is 1. The molecule has 0 amide bonds. The zero-order valence-electron chi connectivity index (χ0n) is 15.8. The third-order valence-electron chi connectivity index (χ3n) is 5.26. The van der Waals surface area contributed by atoms with E-state index in [0.29, 0.717) is 6.04 Å². The fourth-order valence-electron chi connectivity index (χ4n) is 3.73. The lowest BCUT2D eigenvalue weighted by atomic mass is 9.87. The maximum Gasteiger partial charge on any atom is 0.117 e. The molecule has 1 aliphatic carbocycles. The highest BCUT2D eigenvalue weighted by Gasteiger charge is 2.25. The van der Waals surface area contributed by atoms with Crippen molar-refractivity contribution in [3.8, 4) is 5.69 Å². The van der Waals surface area contributed by atoms with Crippen molar-refractivity contribution in [1.29, 1.82) is 0 Å². The summed E-state index contributed by atoms with van der Waals surface area (Å²) in [5, 5.41) is 8.34. The molecule has 0 fully saturated rings. The van der Waals surface area contributed by atoms with Gasteiger partial charge in [0.2, 0.25) is 0 Å². The Morgan fingerprint density at radius 1 is 1.19 bits per heavy atom. The predicted octanol–water partition coefficient (Wildman–Crippen LogP) is 4.93. The summed E-state index contributed by atoms with van der Waals surface area (Å²) in [5.41, 5.74) is 5.31. The minimum absolute atomic E-state index is 0.170.